The maximum absolute atomic E-state index is 2.98. The van der Waals surface area contributed by atoms with Gasteiger partial charge in [0.05, 0.1) is 0 Å². The lowest BCUT2D eigenvalue weighted by molar-refractivity contribution is 1.45. The number of rotatable bonds is 3. The van der Waals surface area contributed by atoms with Crippen LogP contribution in [0.15, 0.2) is 170 Å². The molecule has 0 unspecified atom stereocenters. The number of benzene rings is 7. The second kappa shape index (κ2) is 26.7. The van der Waals surface area contributed by atoms with Crippen molar-refractivity contribution in [3.05, 3.63) is 214 Å². The van der Waals surface area contributed by atoms with Gasteiger partial charge in [0, 0.05) is 11.1 Å². The predicted octanol–water partition coefficient (Wildman–Crippen LogP) is 15.4. The van der Waals surface area contributed by atoms with Gasteiger partial charge in [-0.1, -0.05) is 203 Å². The van der Waals surface area contributed by atoms with E-state index in [1.54, 1.807) is 13.8 Å². The Bertz CT molecular complexity index is 2370. The third-order valence-electron chi connectivity index (χ3n) is 9.05. The van der Waals surface area contributed by atoms with Crippen LogP contribution in [0.1, 0.15) is 72.2 Å². The summed E-state index contributed by atoms with van der Waals surface area (Å²) in [4.78, 5) is 0. The summed E-state index contributed by atoms with van der Waals surface area (Å²) in [6, 6.07) is 59.8. The Balaban J connectivity index is 0.000000212. The van der Waals surface area contributed by atoms with Gasteiger partial charge in [0.25, 0.3) is 0 Å². The Morgan fingerprint density at radius 3 is 0.550 bits per heavy atom. The first-order valence-electron chi connectivity index (χ1n) is 20.2. The van der Waals surface area contributed by atoms with Gasteiger partial charge in [0.15, 0.2) is 0 Å². The molecule has 0 nitrogen and oxygen atoms in total. The standard InChI is InChI=1S/C20H18.C14H14.2C10H10.C6H6/c1-15-3-7-17(8-4-15)19-11-13-20(14-12-19)18-9-5-16(2)6-10-18;1-11-3-7-13(8-4-11)14-9-5-12(2)6-10-14;2*1-3-4-10-7-5-9(2)6-8-10;1-3-5-6-4-2/h3-14H,1-2H3;3-10H,1-2H3;2*5-8H,1-2H3;1-2H3. The molecule has 0 spiro atoms. The third kappa shape index (κ3) is 17.9. The summed E-state index contributed by atoms with van der Waals surface area (Å²) in [5.74, 6) is 22.1. The molecule has 0 saturated carbocycles. The van der Waals surface area contributed by atoms with Crippen molar-refractivity contribution in [3.8, 4) is 80.7 Å². The monoisotopic (exact) mass is 778 g/mol. The van der Waals surface area contributed by atoms with Crippen molar-refractivity contribution in [2.45, 2.75) is 69.2 Å². The second-order valence-corrected chi connectivity index (χ2v) is 14.3. The molecule has 0 aliphatic heterocycles. The lowest BCUT2D eigenvalue weighted by atomic mass is 9.99. The molecule has 7 rings (SSSR count). The molecule has 0 aliphatic rings. The zero-order chi connectivity index (χ0) is 43.5. The van der Waals surface area contributed by atoms with Crippen LogP contribution < -0.4 is 0 Å². The largest absolute Gasteiger partial charge is 0.101 e. The molecule has 298 valence electrons. The molecule has 0 atom stereocenters. The average molecular weight is 779 g/mol. The maximum atomic E-state index is 2.98. The Morgan fingerprint density at radius 1 is 0.217 bits per heavy atom. The molecule has 0 heteroatoms. The molecule has 0 aromatic heterocycles. The first-order valence-corrected chi connectivity index (χ1v) is 20.2. The van der Waals surface area contributed by atoms with Gasteiger partial charge < -0.3 is 0 Å². The summed E-state index contributed by atoms with van der Waals surface area (Å²) < 4.78 is 0. The SMILES string of the molecule is CC#CC#CC.CC#Cc1ccc(C)cc1.CC#Cc1ccc(C)cc1.Cc1ccc(-c2ccc(-c3ccc(C)cc3)cc2)cc1.Cc1ccc(-c2ccc(C)cc2)cc1. The molecular formula is C60H58. The highest BCUT2D eigenvalue weighted by atomic mass is 14.1. The van der Waals surface area contributed by atoms with Gasteiger partial charge in [-0.15, -0.1) is 11.8 Å². The minimum absolute atomic E-state index is 1.09. The zero-order valence-electron chi connectivity index (χ0n) is 37.2. The van der Waals surface area contributed by atoms with Crippen molar-refractivity contribution in [2.24, 2.45) is 0 Å². The van der Waals surface area contributed by atoms with E-state index in [0.717, 1.165) is 11.1 Å². The number of hydrogen-bond acceptors (Lipinski definition) is 0. The highest BCUT2D eigenvalue weighted by molar-refractivity contribution is 5.70. The summed E-state index contributed by atoms with van der Waals surface area (Å²) >= 11 is 0. The van der Waals surface area contributed by atoms with Crippen molar-refractivity contribution in [2.75, 3.05) is 0 Å². The van der Waals surface area contributed by atoms with Crippen LogP contribution in [0.5, 0.6) is 0 Å². The van der Waals surface area contributed by atoms with E-state index >= 15 is 0 Å². The molecule has 7 aromatic carbocycles. The fourth-order valence-corrected chi connectivity index (χ4v) is 5.53. The van der Waals surface area contributed by atoms with Gasteiger partial charge in [-0.25, -0.2) is 0 Å². The fraction of sp³-hybridized carbons (Fsp3) is 0.167. The molecule has 0 N–H and O–H groups in total. The molecule has 0 radical (unpaired) electrons. The Morgan fingerprint density at radius 2 is 0.383 bits per heavy atom. The lowest BCUT2D eigenvalue weighted by Gasteiger charge is -2.06. The van der Waals surface area contributed by atoms with E-state index in [1.807, 2.05) is 38.1 Å². The highest BCUT2D eigenvalue weighted by Gasteiger charge is 2.00. The van der Waals surface area contributed by atoms with Crippen LogP contribution in [0.4, 0.5) is 0 Å². The van der Waals surface area contributed by atoms with Crippen LogP contribution in [0.3, 0.4) is 0 Å². The lowest BCUT2D eigenvalue weighted by Crippen LogP contribution is -1.81. The minimum atomic E-state index is 1.09. The van der Waals surface area contributed by atoms with Gasteiger partial charge in [-0.2, -0.15) is 0 Å². The van der Waals surface area contributed by atoms with Crippen molar-refractivity contribution in [1.29, 1.82) is 0 Å². The Hall–Kier alpha value is -7.22. The summed E-state index contributed by atoms with van der Waals surface area (Å²) in [6.45, 7) is 19.8. The van der Waals surface area contributed by atoms with Crippen LogP contribution in [-0.2, 0) is 0 Å². The third-order valence-corrected chi connectivity index (χ3v) is 9.05. The van der Waals surface area contributed by atoms with Gasteiger partial charge in [0.1, 0.15) is 0 Å². The Labute approximate surface area is 362 Å². The van der Waals surface area contributed by atoms with E-state index in [-0.39, 0.29) is 0 Å². The van der Waals surface area contributed by atoms with Gasteiger partial charge in [-0.05, 0) is 139 Å². The number of hydrogen-bond donors (Lipinski definition) is 0. The molecule has 60 heavy (non-hydrogen) atoms. The fourth-order valence-electron chi connectivity index (χ4n) is 5.53. The summed E-state index contributed by atoms with van der Waals surface area (Å²) in [5.41, 5.74) is 17.6. The van der Waals surface area contributed by atoms with E-state index in [9.17, 15) is 0 Å². The van der Waals surface area contributed by atoms with E-state index in [1.165, 1.54) is 66.8 Å². The smallest absolute Gasteiger partial charge is 0.0245 e. The van der Waals surface area contributed by atoms with Crippen molar-refractivity contribution >= 4 is 0 Å². The molecule has 0 saturated heterocycles. The van der Waals surface area contributed by atoms with Crippen LogP contribution in [0, 0.1) is 88.9 Å². The molecule has 0 bridgehead atoms. The van der Waals surface area contributed by atoms with E-state index in [2.05, 4.69) is 234 Å². The topological polar surface area (TPSA) is 0 Å². The second-order valence-electron chi connectivity index (χ2n) is 14.3. The summed E-state index contributed by atoms with van der Waals surface area (Å²) in [6.07, 6.45) is 0. The van der Waals surface area contributed by atoms with Crippen molar-refractivity contribution < 1.29 is 0 Å². The quantitative estimate of drug-likeness (QED) is 0.157. The van der Waals surface area contributed by atoms with Crippen molar-refractivity contribution in [1.82, 2.24) is 0 Å². The average Bonchev–Trinajstić information content (AvgIpc) is 3.27. The molecule has 0 fully saturated rings. The highest BCUT2D eigenvalue weighted by Crippen LogP contribution is 2.25. The van der Waals surface area contributed by atoms with Crippen LogP contribution in [-0.4, -0.2) is 0 Å². The van der Waals surface area contributed by atoms with E-state index in [4.69, 9.17) is 0 Å². The summed E-state index contributed by atoms with van der Waals surface area (Å²) in [5, 5.41) is 0. The maximum Gasteiger partial charge on any atom is 0.0245 e. The van der Waals surface area contributed by atoms with Gasteiger partial charge in [-0.3, -0.25) is 0 Å². The van der Waals surface area contributed by atoms with Crippen LogP contribution in [0.25, 0.3) is 33.4 Å². The van der Waals surface area contributed by atoms with E-state index in [0.29, 0.717) is 0 Å². The number of aryl methyl sites for hydroxylation is 6. The van der Waals surface area contributed by atoms with Crippen molar-refractivity contribution in [3.63, 3.8) is 0 Å². The first-order chi connectivity index (χ1) is 29.0. The zero-order valence-corrected chi connectivity index (χ0v) is 37.2. The van der Waals surface area contributed by atoms with Gasteiger partial charge in [0.2, 0.25) is 0 Å². The summed E-state index contributed by atoms with van der Waals surface area (Å²) in [7, 11) is 0. The molecule has 0 heterocycles. The van der Waals surface area contributed by atoms with Crippen LogP contribution in [0.2, 0.25) is 0 Å². The van der Waals surface area contributed by atoms with E-state index < -0.39 is 0 Å². The molecular weight excluding hydrogens is 721 g/mol. The minimum Gasteiger partial charge on any atom is -0.101 e. The normalized spacial score (nSPS) is 8.97. The molecule has 0 aliphatic carbocycles. The Kier molecular flexibility index (Phi) is 20.9. The predicted molar refractivity (Wildman–Crippen MR) is 263 cm³/mol. The van der Waals surface area contributed by atoms with Crippen LogP contribution >= 0.6 is 0 Å². The molecule has 7 aromatic rings. The first kappa shape index (κ1) is 47.2. The van der Waals surface area contributed by atoms with Gasteiger partial charge >= 0.3 is 0 Å². The molecule has 0 amide bonds.